The molecule has 0 aliphatic rings. The molecule has 9 heteroatoms. The summed E-state index contributed by atoms with van der Waals surface area (Å²) in [4.78, 5) is 0. The maximum absolute atomic E-state index is 12.4. The molecule has 0 aliphatic heterocycles. The molecule has 91 valence electrons. The third-order valence-corrected chi connectivity index (χ3v) is 2.84. The Morgan fingerprint density at radius 1 is 1.29 bits per heavy atom. The molecule has 0 aromatic heterocycles. The monoisotopic (exact) mass is 297 g/mol. The Labute approximate surface area is 123 Å². The molecule has 0 saturated heterocycles. The van der Waals surface area contributed by atoms with Gasteiger partial charge in [0.1, 0.15) is 5.75 Å². The molecule has 1 aromatic carbocycles. The summed E-state index contributed by atoms with van der Waals surface area (Å²) in [6.45, 7) is 0. The third-order valence-electron chi connectivity index (χ3n) is 1.72. The molecule has 17 heavy (non-hydrogen) atoms. The molecule has 1 rings (SSSR count). The first-order valence-corrected chi connectivity index (χ1v) is 5.90. The van der Waals surface area contributed by atoms with Crippen LogP contribution in [-0.4, -0.2) is 42.5 Å². The van der Waals surface area contributed by atoms with Crippen LogP contribution in [0.4, 0.5) is 13.2 Å². The minimum atomic E-state index is -4.66. The van der Waals surface area contributed by atoms with Crippen molar-refractivity contribution in [2.45, 2.75) is 11.9 Å². The molecule has 1 radical (unpaired) electrons. The van der Waals surface area contributed by atoms with Gasteiger partial charge in [-0.05, 0) is 11.6 Å². The summed E-state index contributed by atoms with van der Waals surface area (Å²) in [5.74, 6) is -0.949. The van der Waals surface area contributed by atoms with Crippen LogP contribution in [0.15, 0.2) is 18.2 Å². The van der Waals surface area contributed by atoms with E-state index >= 15 is 0 Å². The first kappa shape index (κ1) is 17.2. The van der Waals surface area contributed by atoms with Crippen molar-refractivity contribution >= 4 is 51.3 Å². The Morgan fingerprint density at radius 2 is 1.82 bits per heavy atom. The number of alkyl halides is 3. The van der Waals surface area contributed by atoms with Gasteiger partial charge in [0, 0.05) is 29.6 Å². The van der Waals surface area contributed by atoms with Gasteiger partial charge >= 0.3 is 6.18 Å². The summed E-state index contributed by atoms with van der Waals surface area (Å²) < 4.78 is 66.7. The number of halogens is 4. The fraction of sp³-hybridized carbons (Fsp3) is 0.250. The number of rotatable bonds is 2. The van der Waals surface area contributed by atoms with Gasteiger partial charge in [-0.2, -0.15) is 21.6 Å². The molecule has 1 N–H and O–H groups in total. The van der Waals surface area contributed by atoms with Gasteiger partial charge in [0.2, 0.25) is 0 Å². The Balaban J connectivity index is 0.00000256. The summed E-state index contributed by atoms with van der Waals surface area (Å²) >= 11 is 5.40. The van der Waals surface area contributed by atoms with Gasteiger partial charge in [0.05, 0.1) is 10.6 Å². The Kier molecular flexibility index (Phi) is 5.97. The SMILES string of the molecule is O=S(=O)(O)Cc1cccc(C(F)(F)F)c1Cl.[Na]. The van der Waals surface area contributed by atoms with Crippen molar-refractivity contribution in [3.05, 3.63) is 34.3 Å². The van der Waals surface area contributed by atoms with E-state index in [0.29, 0.717) is 0 Å². The number of benzene rings is 1. The first-order valence-electron chi connectivity index (χ1n) is 3.91. The van der Waals surface area contributed by atoms with Crippen molar-refractivity contribution in [1.82, 2.24) is 0 Å². The van der Waals surface area contributed by atoms with E-state index in [1.807, 2.05) is 0 Å². The Morgan fingerprint density at radius 3 is 2.24 bits per heavy atom. The molecule has 0 atom stereocenters. The molecule has 3 nitrogen and oxygen atoms in total. The zero-order chi connectivity index (χ0) is 12.6. The Hall–Kier alpha value is 0.210. The number of hydrogen-bond acceptors (Lipinski definition) is 2. The summed E-state index contributed by atoms with van der Waals surface area (Å²) in [5.41, 5.74) is -1.42. The maximum atomic E-state index is 12.4. The fourth-order valence-corrected chi connectivity index (χ4v) is 2.12. The van der Waals surface area contributed by atoms with Crippen molar-refractivity contribution in [2.75, 3.05) is 0 Å². The van der Waals surface area contributed by atoms with Gasteiger partial charge in [-0.25, -0.2) is 0 Å². The molecule has 1 aromatic rings. The second-order valence-corrected chi connectivity index (χ2v) is 4.83. The van der Waals surface area contributed by atoms with Crippen LogP contribution < -0.4 is 0 Å². The summed E-state index contributed by atoms with van der Waals surface area (Å²) in [6, 6.07) is 2.86. The third kappa shape index (κ3) is 5.15. The second kappa shape index (κ2) is 5.90. The average molecular weight is 298 g/mol. The molecule has 0 bridgehead atoms. The van der Waals surface area contributed by atoms with Crippen LogP contribution in [-0.2, 0) is 22.0 Å². The molecule has 0 heterocycles. The predicted molar refractivity (Wildman–Crippen MR) is 57.5 cm³/mol. The molecule has 0 amide bonds. The van der Waals surface area contributed by atoms with E-state index in [-0.39, 0.29) is 35.1 Å². The van der Waals surface area contributed by atoms with Crippen molar-refractivity contribution in [3.8, 4) is 0 Å². The van der Waals surface area contributed by atoms with Crippen LogP contribution in [0.25, 0.3) is 0 Å². The largest absolute Gasteiger partial charge is 0.417 e. The van der Waals surface area contributed by atoms with Crippen LogP contribution in [0.5, 0.6) is 0 Å². The Bertz CT molecular complexity index is 501. The standard InChI is InChI=1S/C8H6ClF3O3S.Na/c9-7-5(4-16(13,14)15)2-1-3-6(7)8(10,11)12;/h1-3H,4H2,(H,13,14,15);. The van der Waals surface area contributed by atoms with Gasteiger partial charge in [-0.15, -0.1) is 0 Å². The first-order chi connectivity index (χ1) is 7.11. The van der Waals surface area contributed by atoms with E-state index in [4.69, 9.17) is 16.2 Å². The van der Waals surface area contributed by atoms with Gasteiger partial charge in [0.25, 0.3) is 10.1 Å². The molecule has 0 aliphatic carbocycles. The van der Waals surface area contributed by atoms with E-state index < -0.39 is 32.6 Å². The molecule has 0 spiro atoms. The quantitative estimate of drug-likeness (QED) is 0.673. The molecular weight excluding hydrogens is 292 g/mol. The molecule has 0 unspecified atom stereocenters. The zero-order valence-corrected chi connectivity index (χ0v) is 12.2. The van der Waals surface area contributed by atoms with Crippen LogP contribution >= 0.6 is 11.6 Å². The van der Waals surface area contributed by atoms with Crippen LogP contribution in [0, 0.1) is 0 Å². The molecule has 0 fully saturated rings. The van der Waals surface area contributed by atoms with Crippen LogP contribution in [0.2, 0.25) is 5.02 Å². The van der Waals surface area contributed by atoms with Crippen molar-refractivity contribution in [1.29, 1.82) is 0 Å². The summed E-state index contributed by atoms with van der Waals surface area (Å²) in [7, 11) is -4.41. The van der Waals surface area contributed by atoms with Gasteiger partial charge in [0.15, 0.2) is 0 Å². The van der Waals surface area contributed by atoms with E-state index in [1.165, 1.54) is 0 Å². The van der Waals surface area contributed by atoms with Crippen molar-refractivity contribution in [2.24, 2.45) is 0 Å². The van der Waals surface area contributed by atoms with E-state index in [2.05, 4.69) is 0 Å². The zero-order valence-electron chi connectivity index (χ0n) is 8.62. The van der Waals surface area contributed by atoms with Crippen LogP contribution in [0.1, 0.15) is 11.1 Å². The minimum absolute atomic E-state index is 0. The molecular formula is C8H6ClF3NaO3S. The number of hydrogen-bond donors (Lipinski definition) is 1. The second-order valence-electron chi connectivity index (χ2n) is 3.00. The topological polar surface area (TPSA) is 54.4 Å². The van der Waals surface area contributed by atoms with Gasteiger partial charge in [-0.1, -0.05) is 23.7 Å². The van der Waals surface area contributed by atoms with Crippen molar-refractivity contribution < 1.29 is 26.1 Å². The normalized spacial score (nSPS) is 12.1. The smallest absolute Gasteiger partial charge is 0.285 e. The van der Waals surface area contributed by atoms with E-state index in [9.17, 15) is 21.6 Å². The summed E-state index contributed by atoms with van der Waals surface area (Å²) in [6.07, 6.45) is -4.66. The minimum Gasteiger partial charge on any atom is -0.285 e. The van der Waals surface area contributed by atoms with E-state index in [1.54, 1.807) is 0 Å². The fourth-order valence-electron chi connectivity index (χ4n) is 1.11. The predicted octanol–water partition coefficient (Wildman–Crippen LogP) is 2.37. The summed E-state index contributed by atoms with van der Waals surface area (Å²) in [5, 5.41) is -0.715. The van der Waals surface area contributed by atoms with Crippen molar-refractivity contribution in [3.63, 3.8) is 0 Å². The van der Waals surface area contributed by atoms with E-state index in [0.717, 1.165) is 18.2 Å². The van der Waals surface area contributed by atoms with Crippen LogP contribution in [0.3, 0.4) is 0 Å². The van der Waals surface area contributed by atoms with Gasteiger partial charge < -0.3 is 0 Å². The maximum Gasteiger partial charge on any atom is 0.417 e. The van der Waals surface area contributed by atoms with Gasteiger partial charge in [-0.3, -0.25) is 4.55 Å². The average Bonchev–Trinajstić information content (AvgIpc) is 2.04. The molecule has 0 saturated carbocycles.